The third-order valence-electron chi connectivity index (χ3n) is 5.95. The van der Waals surface area contributed by atoms with E-state index in [-0.39, 0.29) is 0 Å². The first kappa shape index (κ1) is 28.5. The molecule has 0 saturated heterocycles. The predicted octanol–water partition coefficient (Wildman–Crippen LogP) is 5.35. The van der Waals surface area contributed by atoms with Crippen LogP contribution < -0.4 is 41.8 Å². The molecule has 0 aliphatic carbocycles. The summed E-state index contributed by atoms with van der Waals surface area (Å²) in [5.74, 6) is 1.32. The SMILES string of the molecule is COc1cc(-c2ccc(NNC(=S)NCc3ccccc3)c(OC)c2)ccc1NNC(=S)NCc1ccccc1. The second-order valence-electron chi connectivity index (χ2n) is 8.67. The van der Waals surface area contributed by atoms with E-state index in [1.54, 1.807) is 14.2 Å². The van der Waals surface area contributed by atoms with Crippen molar-refractivity contribution in [2.45, 2.75) is 13.1 Å². The van der Waals surface area contributed by atoms with E-state index >= 15 is 0 Å². The van der Waals surface area contributed by atoms with Crippen molar-refractivity contribution in [3.63, 3.8) is 0 Å². The second-order valence-corrected chi connectivity index (χ2v) is 9.48. The lowest BCUT2D eigenvalue weighted by molar-refractivity contribution is 0.415. The van der Waals surface area contributed by atoms with Crippen LogP contribution in [0.2, 0.25) is 0 Å². The third kappa shape index (κ3) is 8.23. The van der Waals surface area contributed by atoms with Gasteiger partial charge in [-0.3, -0.25) is 21.7 Å². The van der Waals surface area contributed by atoms with Crippen molar-refractivity contribution in [1.29, 1.82) is 0 Å². The minimum atomic E-state index is 0.478. The lowest BCUT2D eigenvalue weighted by Crippen LogP contribution is -2.38. The van der Waals surface area contributed by atoms with Gasteiger partial charge in [-0.2, -0.15) is 0 Å². The van der Waals surface area contributed by atoms with Crippen LogP contribution in [0.3, 0.4) is 0 Å². The molecule has 6 N–H and O–H groups in total. The van der Waals surface area contributed by atoms with Crippen LogP contribution in [0, 0.1) is 0 Å². The Balaban J connectivity index is 1.34. The monoisotopic (exact) mass is 572 g/mol. The fraction of sp³-hybridized carbons (Fsp3) is 0.133. The number of hydrazine groups is 2. The van der Waals surface area contributed by atoms with Crippen LogP contribution in [0.4, 0.5) is 11.4 Å². The highest BCUT2D eigenvalue weighted by Gasteiger charge is 2.10. The zero-order valence-corrected chi connectivity index (χ0v) is 23.9. The van der Waals surface area contributed by atoms with Crippen molar-refractivity contribution < 1.29 is 9.47 Å². The maximum atomic E-state index is 5.63. The van der Waals surface area contributed by atoms with E-state index in [9.17, 15) is 0 Å². The lowest BCUT2D eigenvalue weighted by Gasteiger charge is -2.17. The number of benzene rings is 4. The molecule has 4 rings (SSSR count). The molecule has 0 bridgehead atoms. The highest BCUT2D eigenvalue weighted by Crippen LogP contribution is 2.34. The molecule has 0 radical (unpaired) electrons. The Kier molecular flexibility index (Phi) is 10.4. The van der Waals surface area contributed by atoms with Crippen LogP contribution in [0.1, 0.15) is 11.1 Å². The number of hydrogen-bond acceptors (Lipinski definition) is 6. The van der Waals surface area contributed by atoms with Crippen molar-refractivity contribution >= 4 is 46.0 Å². The number of methoxy groups -OCH3 is 2. The summed E-state index contributed by atoms with van der Waals surface area (Å²) in [6, 6.07) is 31.9. The molecule has 10 heteroatoms. The normalized spacial score (nSPS) is 10.2. The molecule has 0 aliphatic heterocycles. The molecule has 4 aromatic rings. The zero-order valence-electron chi connectivity index (χ0n) is 22.3. The van der Waals surface area contributed by atoms with Gasteiger partial charge < -0.3 is 20.1 Å². The van der Waals surface area contributed by atoms with E-state index in [2.05, 4.69) is 32.3 Å². The van der Waals surface area contributed by atoms with E-state index in [0.717, 1.165) is 33.6 Å². The Hall–Kier alpha value is -4.54. The quantitative estimate of drug-likeness (QED) is 0.104. The van der Waals surface area contributed by atoms with Gasteiger partial charge in [-0.1, -0.05) is 72.8 Å². The average Bonchev–Trinajstić information content (AvgIpc) is 3.01. The standard InChI is InChI=1S/C30H32N6O2S2/c1-37-27-17-23(13-15-25(27)33-35-29(39)31-19-21-9-5-3-6-10-21)24-14-16-26(28(18-24)38-2)34-36-30(40)32-20-22-11-7-4-8-12-22/h3-18,33-34H,19-20H2,1-2H3,(H2,31,35,39)(H2,32,36,40). The number of anilines is 2. The van der Waals surface area contributed by atoms with Crippen molar-refractivity contribution in [1.82, 2.24) is 21.5 Å². The Morgan fingerprint density at radius 3 is 1.35 bits per heavy atom. The molecule has 4 aromatic carbocycles. The fourth-order valence-corrected chi connectivity index (χ4v) is 4.09. The minimum Gasteiger partial charge on any atom is -0.494 e. The average molecular weight is 573 g/mol. The van der Waals surface area contributed by atoms with E-state index in [1.807, 2.05) is 97.1 Å². The lowest BCUT2D eigenvalue weighted by atomic mass is 10.0. The topological polar surface area (TPSA) is 90.6 Å². The molecule has 8 nitrogen and oxygen atoms in total. The van der Waals surface area contributed by atoms with Gasteiger partial charge in [0.05, 0.1) is 25.6 Å². The molecule has 0 saturated carbocycles. The van der Waals surface area contributed by atoms with Crippen molar-refractivity contribution in [3.05, 3.63) is 108 Å². The summed E-state index contributed by atoms with van der Waals surface area (Å²) in [6.45, 7) is 1.26. The Bertz CT molecular complexity index is 1310. The van der Waals surface area contributed by atoms with Crippen molar-refractivity contribution in [2.75, 3.05) is 25.1 Å². The summed E-state index contributed by atoms with van der Waals surface area (Å²) in [4.78, 5) is 0. The number of nitrogens with one attached hydrogen (secondary N) is 6. The highest BCUT2D eigenvalue weighted by atomic mass is 32.1. The molecule has 0 unspecified atom stereocenters. The molecule has 0 amide bonds. The van der Waals surface area contributed by atoms with Crippen molar-refractivity contribution in [2.24, 2.45) is 0 Å². The summed E-state index contributed by atoms with van der Waals surface area (Å²) < 4.78 is 11.3. The number of hydrogen-bond donors (Lipinski definition) is 6. The van der Waals surface area contributed by atoms with Crippen molar-refractivity contribution in [3.8, 4) is 22.6 Å². The number of thiocarbonyl (C=S) groups is 2. The highest BCUT2D eigenvalue weighted by molar-refractivity contribution is 7.80. The molecular formula is C30H32N6O2S2. The van der Waals surface area contributed by atoms with Gasteiger partial charge in [0.1, 0.15) is 11.5 Å². The molecule has 0 atom stereocenters. The van der Waals surface area contributed by atoms with Crippen LogP contribution in [-0.4, -0.2) is 24.4 Å². The van der Waals surface area contributed by atoms with Gasteiger partial charge in [-0.25, -0.2) is 0 Å². The summed E-state index contributed by atoms with van der Waals surface area (Å²) in [5, 5.41) is 7.30. The van der Waals surface area contributed by atoms with Crippen LogP contribution >= 0.6 is 24.4 Å². The largest absolute Gasteiger partial charge is 0.494 e. The first-order valence-electron chi connectivity index (χ1n) is 12.6. The molecule has 0 aromatic heterocycles. The summed E-state index contributed by atoms with van der Waals surface area (Å²) >= 11 is 10.8. The number of rotatable bonds is 11. The Morgan fingerprint density at radius 1 is 0.575 bits per heavy atom. The van der Waals surface area contributed by atoms with E-state index in [0.29, 0.717) is 34.8 Å². The van der Waals surface area contributed by atoms with Crippen LogP contribution in [0.15, 0.2) is 97.1 Å². The van der Waals surface area contributed by atoms with E-state index in [4.69, 9.17) is 33.9 Å². The smallest absolute Gasteiger partial charge is 0.185 e. The van der Waals surface area contributed by atoms with Gasteiger partial charge >= 0.3 is 0 Å². The summed E-state index contributed by atoms with van der Waals surface area (Å²) in [5.41, 5.74) is 18.0. The maximum Gasteiger partial charge on any atom is 0.185 e. The maximum absolute atomic E-state index is 5.63. The van der Waals surface area contributed by atoms with Gasteiger partial charge in [-0.05, 0) is 71.0 Å². The van der Waals surface area contributed by atoms with E-state index < -0.39 is 0 Å². The molecule has 206 valence electrons. The first-order valence-corrected chi connectivity index (χ1v) is 13.4. The summed E-state index contributed by atoms with van der Waals surface area (Å²) in [6.07, 6.45) is 0. The van der Waals surface area contributed by atoms with Gasteiger partial charge in [0.25, 0.3) is 0 Å². The van der Waals surface area contributed by atoms with Gasteiger partial charge in [0, 0.05) is 13.1 Å². The Morgan fingerprint density at radius 2 is 0.975 bits per heavy atom. The molecule has 0 aliphatic rings. The zero-order chi connectivity index (χ0) is 28.2. The van der Waals surface area contributed by atoms with Crippen LogP contribution in [-0.2, 0) is 13.1 Å². The molecule has 0 heterocycles. The Labute approximate surface area is 245 Å². The van der Waals surface area contributed by atoms with E-state index in [1.165, 1.54) is 0 Å². The molecule has 0 spiro atoms. The fourth-order valence-electron chi connectivity index (χ4n) is 3.84. The number of ether oxygens (including phenoxy) is 2. The van der Waals surface area contributed by atoms with Crippen LogP contribution in [0.5, 0.6) is 11.5 Å². The first-order chi connectivity index (χ1) is 19.6. The van der Waals surface area contributed by atoms with Crippen LogP contribution in [0.25, 0.3) is 11.1 Å². The minimum absolute atomic E-state index is 0.478. The third-order valence-corrected chi connectivity index (χ3v) is 6.44. The van der Waals surface area contributed by atoms with Gasteiger partial charge in [-0.15, -0.1) is 0 Å². The van der Waals surface area contributed by atoms with Gasteiger partial charge in [0.2, 0.25) is 0 Å². The molecule has 0 fully saturated rings. The molecule has 40 heavy (non-hydrogen) atoms. The van der Waals surface area contributed by atoms with Gasteiger partial charge in [0.15, 0.2) is 10.2 Å². The second kappa shape index (κ2) is 14.6. The summed E-state index contributed by atoms with van der Waals surface area (Å²) in [7, 11) is 3.26. The predicted molar refractivity (Wildman–Crippen MR) is 170 cm³/mol. The molecular weight excluding hydrogens is 541 g/mol.